The van der Waals surface area contributed by atoms with Crippen molar-refractivity contribution >= 4 is 0 Å². The molecule has 0 bridgehead atoms. The van der Waals surface area contributed by atoms with Crippen molar-refractivity contribution in [3.05, 3.63) is 0 Å². The molecule has 60 valence electrons. The van der Waals surface area contributed by atoms with Crippen LogP contribution in [-0.2, 0) is 17.1 Å². The molecule has 0 aromatic rings. The van der Waals surface area contributed by atoms with Crippen LogP contribution in [0.3, 0.4) is 0 Å². The zero-order chi connectivity index (χ0) is 6.83. The van der Waals surface area contributed by atoms with Gasteiger partial charge in [-0.2, -0.15) is 0 Å². The van der Waals surface area contributed by atoms with E-state index >= 15 is 0 Å². The van der Waals surface area contributed by atoms with E-state index in [1.807, 2.05) is 13.8 Å². The fraction of sp³-hybridized carbons (Fsp3) is 1.00. The number of rotatable bonds is 2. The van der Waals surface area contributed by atoms with Crippen LogP contribution >= 0.6 is 0 Å². The Morgan fingerprint density at radius 2 is 1.00 bits per heavy atom. The molecule has 0 unspecified atom stereocenters. The van der Waals surface area contributed by atoms with E-state index in [4.69, 9.17) is 10.2 Å². The van der Waals surface area contributed by atoms with Crippen molar-refractivity contribution in [2.75, 3.05) is 13.2 Å². The van der Waals surface area contributed by atoms with Gasteiger partial charge in [0.15, 0.2) is 0 Å². The zero-order valence-corrected chi connectivity index (χ0v) is 7.18. The first kappa shape index (κ1) is 16.2. The van der Waals surface area contributed by atoms with Crippen LogP contribution in [0, 0.1) is 0 Å². The minimum atomic E-state index is 0. The van der Waals surface area contributed by atoms with Crippen molar-refractivity contribution in [2.24, 2.45) is 0 Å². The Morgan fingerprint density at radius 3 is 1.00 bits per heavy atom. The van der Waals surface area contributed by atoms with Crippen LogP contribution in [-0.4, -0.2) is 23.4 Å². The van der Waals surface area contributed by atoms with Gasteiger partial charge in [-0.3, -0.25) is 0 Å². The Bertz CT molecular complexity index is 19.0. The maximum absolute atomic E-state index is 7.88. The van der Waals surface area contributed by atoms with Gasteiger partial charge in [0.05, 0.1) is 0 Å². The third-order valence-corrected chi connectivity index (χ3v) is 0.447. The van der Waals surface area contributed by atoms with Gasteiger partial charge in [0.1, 0.15) is 0 Å². The number of aliphatic hydroxyl groups is 2. The molecule has 0 aromatic heterocycles. The number of hydrogen-bond acceptors (Lipinski definition) is 2. The standard InChI is InChI=1S/2C3H8O.Fe/c2*1-2-3-4;/h2*4H,2-3H2,1H3;. The molecule has 9 heavy (non-hydrogen) atoms. The van der Waals surface area contributed by atoms with Gasteiger partial charge in [-0.05, 0) is 12.8 Å². The average Bonchev–Trinajstić information content (AvgIpc) is 1.88. The van der Waals surface area contributed by atoms with Crippen molar-refractivity contribution < 1.29 is 27.3 Å². The van der Waals surface area contributed by atoms with Crippen molar-refractivity contribution in [2.45, 2.75) is 26.7 Å². The second-order valence-electron chi connectivity index (χ2n) is 1.45. The van der Waals surface area contributed by atoms with Crippen molar-refractivity contribution in [3.63, 3.8) is 0 Å². The predicted molar refractivity (Wildman–Crippen MR) is 34.8 cm³/mol. The molecule has 0 saturated carbocycles. The van der Waals surface area contributed by atoms with Crippen LogP contribution in [0.4, 0.5) is 0 Å². The predicted octanol–water partition coefficient (Wildman–Crippen LogP) is 0.775. The maximum Gasteiger partial charge on any atom is 0.0428 e. The molecular formula is C6H16FeO2. The van der Waals surface area contributed by atoms with E-state index in [-0.39, 0.29) is 17.1 Å². The summed E-state index contributed by atoms with van der Waals surface area (Å²) in [4.78, 5) is 0. The zero-order valence-electron chi connectivity index (χ0n) is 6.08. The van der Waals surface area contributed by atoms with E-state index in [0.29, 0.717) is 13.2 Å². The quantitative estimate of drug-likeness (QED) is 0.610. The summed E-state index contributed by atoms with van der Waals surface area (Å²) in [6.45, 7) is 4.50. The smallest absolute Gasteiger partial charge is 0.0428 e. The van der Waals surface area contributed by atoms with E-state index in [1.54, 1.807) is 0 Å². The topological polar surface area (TPSA) is 40.5 Å². The molecule has 0 atom stereocenters. The first-order valence-corrected chi connectivity index (χ1v) is 3.05. The molecule has 0 aliphatic carbocycles. The maximum atomic E-state index is 7.88. The SMILES string of the molecule is CCCO.CCCO.[Fe]. The Balaban J connectivity index is -0.0000000720. The largest absolute Gasteiger partial charge is 0.396 e. The molecule has 0 aromatic carbocycles. The molecule has 0 amide bonds. The monoisotopic (exact) mass is 176 g/mol. The van der Waals surface area contributed by atoms with Gasteiger partial charge >= 0.3 is 0 Å². The molecule has 0 aliphatic rings. The first-order valence-electron chi connectivity index (χ1n) is 3.05. The molecule has 3 heteroatoms. The summed E-state index contributed by atoms with van der Waals surface area (Å²) in [6, 6.07) is 0. The summed E-state index contributed by atoms with van der Waals surface area (Å²) in [5, 5.41) is 15.8. The molecule has 0 spiro atoms. The molecule has 0 radical (unpaired) electrons. The molecule has 0 saturated heterocycles. The van der Waals surface area contributed by atoms with Gasteiger partial charge in [0.25, 0.3) is 0 Å². The average molecular weight is 176 g/mol. The molecule has 0 aliphatic heterocycles. The summed E-state index contributed by atoms with van der Waals surface area (Å²) in [6.07, 6.45) is 1.75. The van der Waals surface area contributed by atoms with Crippen LogP contribution in [0.15, 0.2) is 0 Å². The summed E-state index contributed by atoms with van der Waals surface area (Å²) in [5.74, 6) is 0. The first-order chi connectivity index (χ1) is 3.83. The Morgan fingerprint density at radius 1 is 0.889 bits per heavy atom. The van der Waals surface area contributed by atoms with Gasteiger partial charge in [-0.15, -0.1) is 0 Å². The fourth-order valence-electron chi connectivity index (χ4n) is 0. The van der Waals surface area contributed by atoms with Crippen LogP contribution in [0.25, 0.3) is 0 Å². The van der Waals surface area contributed by atoms with Crippen molar-refractivity contribution in [1.29, 1.82) is 0 Å². The normalized spacial score (nSPS) is 6.67. The second kappa shape index (κ2) is 23.7. The minimum Gasteiger partial charge on any atom is -0.396 e. The molecule has 2 nitrogen and oxygen atoms in total. The summed E-state index contributed by atoms with van der Waals surface area (Å²) < 4.78 is 0. The van der Waals surface area contributed by atoms with Crippen LogP contribution in [0.1, 0.15) is 26.7 Å². The van der Waals surface area contributed by atoms with Gasteiger partial charge in [-0.25, -0.2) is 0 Å². The Hall–Kier alpha value is 0.439. The van der Waals surface area contributed by atoms with Crippen LogP contribution in [0.2, 0.25) is 0 Å². The van der Waals surface area contributed by atoms with Gasteiger partial charge in [0, 0.05) is 30.3 Å². The Labute approximate surface area is 67.8 Å². The summed E-state index contributed by atoms with van der Waals surface area (Å²) in [7, 11) is 0. The van der Waals surface area contributed by atoms with Crippen molar-refractivity contribution in [1.82, 2.24) is 0 Å². The molecule has 2 N–H and O–H groups in total. The molecule has 0 heterocycles. The number of aliphatic hydroxyl groups excluding tert-OH is 2. The van der Waals surface area contributed by atoms with Crippen LogP contribution in [0.5, 0.6) is 0 Å². The van der Waals surface area contributed by atoms with Gasteiger partial charge < -0.3 is 10.2 Å². The molecule has 0 fully saturated rings. The summed E-state index contributed by atoms with van der Waals surface area (Å²) >= 11 is 0. The van der Waals surface area contributed by atoms with E-state index in [1.165, 1.54) is 0 Å². The van der Waals surface area contributed by atoms with Gasteiger partial charge in [0.2, 0.25) is 0 Å². The minimum absolute atomic E-state index is 0. The fourth-order valence-corrected chi connectivity index (χ4v) is 0. The third kappa shape index (κ3) is 58.8. The number of hydrogen-bond donors (Lipinski definition) is 2. The van der Waals surface area contributed by atoms with Crippen molar-refractivity contribution in [3.8, 4) is 0 Å². The molecular weight excluding hydrogens is 160 g/mol. The summed E-state index contributed by atoms with van der Waals surface area (Å²) in [5.41, 5.74) is 0. The third-order valence-electron chi connectivity index (χ3n) is 0.447. The van der Waals surface area contributed by atoms with E-state index in [9.17, 15) is 0 Å². The van der Waals surface area contributed by atoms with E-state index in [2.05, 4.69) is 0 Å². The van der Waals surface area contributed by atoms with Crippen LogP contribution < -0.4 is 0 Å². The Kier molecular flexibility index (Phi) is 42.7. The van der Waals surface area contributed by atoms with Gasteiger partial charge in [-0.1, -0.05) is 13.8 Å². The van der Waals surface area contributed by atoms with E-state index in [0.717, 1.165) is 12.8 Å². The second-order valence-corrected chi connectivity index (χ2v) is 1.45. The van der Waals surface area contributed by atoms with E-state index < -0.39 is 0 Å². The molecule has 0 rings (SSSR count).